The fourth-order valence-electron chi connectivity index (χ4n) is 10.4. The molecule has 5 heterocycles. The molecular formula is C66H68F6N8O9Si. The van der Waals surface area contributed by atoms with Crippen LogP contribution in [0.3, 0.4) is 0 Å². The quantitative estimate of drug-likeness (QED) is 0.0549. The van der Waals surface area contributed by atoms with Crippen molar-refractivity contribution in [3.63, 3.8) is 0 Å². The van der Waals surface area contributed by atoms with Crippen LogP contribution in [0.5, 0.6) is 11.5 Å². The Hall–Kier alpha value is -8.78. The van der Waals surface area contributed by atoms with Crippen LogP contribution in [0.15, 0.2) is 207 Å². The van der Waals surface area contributed by atoms with Crippen molar-refractivity contribution < 1.29 is 69.1 Å². The highest BCUT2D eigenvalue weighted by molar-refractivity contribution is 6.99. The summed E-state index contributed by atoms with van der Waals surface area (Å²) in [5, 5.41) is 28.1. The van der Waals surface area contributed by atoms with E-state index in [9.17, 15) is 41.0 Å². The number of carbonyl (C=O) groups is 2. The zero-order valence-electron chi connectivity index (χ0n) is 49.6. The van der Waals surface area contributed by atoms with Crippen LogP contribution in [0.25, 0.3) is 22.5 Å². The molecule has 8 aromatic rings. The lowest BCUT2D eigenvalue weighted by atomic mass is 10.1. The fraction of sp³-hybridized carbons (Fsp3) is 0.303. The maximum Gasteiger partial charge on any atom is 0.573 e. The molecule has 90 heavy (non-hydrogen) atoms. The van der Waals surface area contributed by atoms with E-state index in [0.29, 0.717) is 30.0 Å². The van der Waals surface area contributed by atoms with Gasteiger partial charge in [-0.05, 0) is 87.9 Å². The normalized spacial score (nSPS) is 17.6. The van der Waals surface area contributed by atoms with Gasteiger partial charge in [0.1, 0.15) is 22.9 Å². The highest BCUT2D eigenvalue weighted by Gasteiger charge is 2.52. The molecule has 3 aliphatic heterocycles. The van der Waals surface area contributed by atoms with Gasteiger partial charge in [0.25, 0.3) is 8.32 Å². The Morgan fingerprint density at radius 1 is 0.544 bits per heavy atom. The topological polar surface area (TPSA) is 178 Å². The second kappa shape index (κ2) is 30.1. The van der Waals surface area contributed by atoms with E-state index in [1.165, 1.54) is 66.5 Å². The molecular weight excluding hydrogens is 1190 g/mol. The maximum atomic E-state index is 14.3. The summed E-state index contributed by atoms with van der Waals surface area (Å²) in [5.74, 6) is -0.729. The fourth-order valence-corrected chi connectivity index (χ4v) is 15.0. The number of carbonyl (C=O) groups excluding carboxylic acids is 2. The first-order valence-corrected chi connectivity index (χ1v) is 31.0. The van der Waals surface area contributed by atoms with Gasteiger partial charge >= 0.3 is 24.8 Å². The molecule has 24 heteroatoms. The summed E-state index contributed by atoms with van der Waals surface area (Å²) in [5.41, 5.74) is 3.53. The molecule has 17 nitrogen and oxygen atoms in total. The molecule has 2 amide bonds. The highest BCUT2D eigenvalue weighted by Crippen LogP contribution is 2.39. The first kappa shape index (κ1) is 65.7. The number of β-amino-alcohol motifs (C(OH)–C–C–N with tert-alkyl or cyclic N) is 1. The largest absolute Gasteiger partial charge is 0.573 e. The van der Waals surface area contributed by atoms with E-state index in [-0.39, 0.29) is 48.5 Å². The van der Waals surface area contributed by atoms with Gasteiger partial charge in [0.15, 0.2) is 0 Å². The third kappa shape index (κ3) is 18.0. The number of amides is 2. The minimum Gasteiger partial charge on any atom is -0.406 e. The van der Waals surface area contributed by atoms with Gasteiger partial charge in [-0.25, -0.2) is 9.59 Å². The van der Waals surface area contributed by atoms with Gasteiger partial charge in [0.2, 0.25) is 0 Å². The predicted molar refractivity (Wildman–Crippen MR) is 326 cm³/mol. The maximum absolute atomic E-state index is 14.3. The minimum atomic E-state index is -4.81. The van der Waals surface area contributed by atoms with Gasteiger partial charge in [-0.3, -0.25) is 0 Å². The second-order valence-electron chi connectivity index (χ2n) is 22.2. The van der Waals surface area contributed by atoms with Crippen molar-refractivity contribution in [2.75, 3.05) is 39.5 Å². The molecule has 1 fully saturated rings. The first-order chi connectivity index (χ1) is 43.2. The SMILES string of the molecule is C1CCOC1.CC(C)(C)[Si](O[C@@H]1C=C[C@H](COCc2ccccc2)N(C(=O)n2cc(-c3ccc(OC(F)(F)F)cc3)nn2)C1)(c1ccccc1)c1ccccc1.O=C(N1C[C@H](O)C=C[C@@H]1COCc1ccccc1)n1cc(-c2ccc(OC(F)(F)F)cc2)nn1. The average molecular weight is 1260 g/mol. The number of nitrogens with zero attached hydrogens (tertiary/aromatic N) is 8. The summed E-state index contributed by atoms with van der Waals surface area (Å²) in [4.78, 5) is 30.4. The molecule has 1 saturated heterocycles. The molecule has 0 aliphatic carbocycles. The van der Waals surface area contributed by atoms with E-state index >= 15 is 0 Å². The zero-order chi connectivity index (χ0) is 63.7. The number of hydrogen-bond acceptors (Lipinski definition) is 13. The Kier molecular flexibility index (Phi) is 22.0. The van der Waals surface area contributed by atoms with Crippen molar-refractivity contribution >= 4 is 30.8 Å². The summed E-state index contributed by atoms with van der Waals surface area (Å²) in [6.45, 7) is 10.1. The van der Waals surface area contributed by atoms with Gasteiger partial charge in [0, 0.05) is 24.3 Å². The van der Waals surface area contributed by atoms with Gasteiger partial charge < -0.3 is 43.0 Å². The van der Waals surface area contributed by atoms with Crippen molar-refractivity contribution in [1.29, 1.82) is 0 Å². The second-order valence-corrected chi connectivity index (χ2v) is 26.5. The molecule has 6 aromatic carbocycles. The van der Waals surface area contributed by atoms with Crippen LogP contribution >= 0.6 is 0 Å². The summed E-state index contributed by atoms with van der Waals surface area (Å²) in [6, 6.07) is 48.4. The molecule has 472 valence electrons. The minimum absolute atomic E-state index is 0.0490. The van der Waals surface area contributed by atoms with E-state index in [4.69, 9.17) is 18.6 Å². The summed E-state index contributed by atoms with van der Waals surface area (Å²) >= 11 is 0. The summed E-state index contributed by atoms with van der Waals surface area (Å²) in [6.07, 6.45) is 1.78. The van der Waals surface area contributed by atoms with E-state index in [1.807, 2.05) is 109 Å². The molecule has 0 spiro atoms. The molecule has 4 atom stereocenters. The smallest absolute Gasteiger partial charge is 0.406 e. The monoisotopic (exact) mass is 1260 g/mol. The number of aliphatic hydroxyl groups is 1. The van der Waals surface area contributed by atoms with Crippen molar-refractivity contribution in [3.8, 4) is 34.0 Å². The van der Waals surface area contributed by atoms with Crippen LogP contribution < -0.4 is 19.8 Å². The highest BCUT2D eigenvalue weighted by atomic mass is 28.4. The predicted octanol–water partition coefficient (Wildman–Crippen LogP) is 11.6. The number of alkyl halides is 6. The first-order valence-electron chi connectivity index (χ1n) is 29.0. The number of hydrogen-bond donors (Lipinski definition) is 1. The van der Waals surface area contributed by atoms with E-state index in [2.05, 4.69) is 75.1 Å². The summed E-state index contributed by atoms with van der Waals surface area (Å²) in [7, 11) is -2.97. The Morgan fingerprint density at radius 3 is 1.33 bits per heavy atom. The third-order valence-corrected chi connectivity index (χ3v) is 19.7. The van der Waals surface area contributed by atoms with Gasteiger partial charge in [-0.2, -0.15) is 9.36 Å². The standard InChI is InChI=1S/C39H39F3N4O4Si.C23H21F3N4O4.C4H8O/c1-38(2,3)51(34-15-9-5-10-16-34,35-17-11-6-12-18-35)50-33-24-21-31(28-48-27-29-13-7-4-8-14-29)45(25-33)37(47)46-26-36(43-44-46)30-19-22-32(23-20-30)49-39(40,41)42;24-23(25,26)34-20-10-6-17(7-11-20)21-13-30(28-27-21)22(32)29-12-19(31)9-8-18(29)15-33-14-16-4-2-1-3-5-16;1-2-4-5-3-1/h4-24,26,31,33H,25,27-28H2,1-3H3;1-11,13,18-19,31H,12,14-15H2;1-4H2/t31-,33-;18-,19-;/m11./s1. The lowest BCUT2D eigenvalue weighted by Gasteiger charge is -2.46. The molecule has 2 aromatic heterocycles. The molecule has 0 bridgehead atoms. The molecule has 0 radical (unpaired) electrons. The summed E-state index contributed by atoms with van der Waals surface area (Å²) < 4.78 is 109. The van der Waals surface area contributed by atoms with E-state index < -0.39 is 57.4 Å². The van der Waals surface area contributed by atoms with Crippen LogP contribution in [0.2, 0.25) is 5.04 Å². The van der Waals surface area contributed by atoms with E-state index in [1.54, 1.807) is 17.1 Å². The Bertz CT molecular complexity index is 3550. The lowest BCUT2D eigenvalue weighted by molar-refractivity contribution is -0.275. The van der Waals surface area contributed by atoms with Crippen LogP contribution in [-0.2, 0) is 31.9 Å². The third-order valence-electron chi connectivity index (χ3n) is 14.7. The molecule has 3 aliphatic rings. The number of aliphatic hydroxyl groups excluding tert-OH is 1. The average Bonchev–Trinajstić information content (AvgIpc) is 0.810. The number of rotatable bonds is 16. The van der Waals surface area contributed by atoms with Crippen LogP contribution in [0.1, 0.15) is 44.7 Å². The zero-order valence-corrected chi connectivity index (χ0v) is 50.6. The van der Waals surface area contributed by atoms with Crippen LogP contribution in [0, 0.1) is 0 Å². The number of benzene rings is 6. The Balaban J connectivity index is 0.000000211. The van der Waals surface area contributed by atoms with Gasteiger partial charge in [-0.15, -0.1) is 36.5 Å². The number of aromatic nitrogens is 6. The van der Waals surface area contributed by atoms with Crippen molar-refractivity contribution in [2.24, 2.45) is 0 Å². The lowest BCUT2D eigenvalue weighted by Crippen LogP contribution is -2.68. The van der Waals surface area contributed by atoms with Crippen LogP contribution in [0.4, 0.5) is 35.9 Å². The van der Waals surface area contributed by atoms with E-state index in [0.717, 1.165) is 56.2 Å². The van der Waals surface area contributed by atoms with Crippen molar-refractivity contribution in [1.82, 2.24) is 39.8 Å². The van der Waals surface area contributed by atoms with Crippen molar-refractivity contribution in [3.05, 3.63) is 218 Å². The number of ether oxygens (including phenoxy) is 5. The van der Waals surface area contributed by atoms with Gasteiger partial charge in [0.05, 0.1) is 76.2 Å². The van der Waals surface area contributed by atoms with Crippen LogP contribution in [-0.4, -0.2) is 142 Å². The Morgan fingerprint density at radius 2 is 0.944 bits per heavy atom. The number of halogens is 6. The molecule has 1 N–H and O–H groups in total. The van der Waals surface area contributed by atoms with Crippen molar-refractivity contribution in [2.45, 2.75) is 88.9 Å². The Labute approximate surface area is 517 Å². The molecule has 0 unspecified atom stereocenters. The van der Waals surface area contributed by atoms with Gasteiger partial charge in [-0.1, -0.05) is 177 Å². The molecule has 11 rings (SSSR count). The molecule has 0 saturated carbocycles.